The second-order valence-electron chi connectivity index (χ2n) is 2.59. The van der Waals surface area contributed by atoms with Crippen molar-refractivity contribution < 1.29 is 9.84 Å². The molecule has 0 spiro atoms. The highest BCUT2D eigenvalue weighted by molar-refractivity contribution is 7.12. The highest BCUT2D eigenvalue weighted by atomic mass is 32.1. The molecule has 0 aliphatic carbocycles. The van der Waals surface area contributed by atoms with Gasteiger partial charge in [0, 0.05) is 4.88 Å². The molecule has 4 heteroatoms. The van der Waals surface area contributed by atoms with E-state index in [9.17, 15) is 0 Å². The van der Waals surface area contributed by atoms with Crippen molar-refractivity contribution >= 4 is 11.3 Å². The molecule has 1 aromatic heterocycles. The van der Waals surface area contributed by atoms with Gasteiger partial charge in [-0.25, -0.2) is 0 Å². The molecule has 62 valence electrons. The van der Waals surface area contributed by atoms with Gasteiger partial charge in [-0.1, -0.05) is 0 Å². The topological polar surface area (TPSA) is 56.5 Å². The lowest BCUT2D eigenvalue weighted by Crippen LogP contribution is -1.92. The Kier molecular flexibility index (Phi) is 1.85. The lowest BCUT2D eigenvalue weighted by Gasteiger charge is -1.84. The number of rotatable bonds is 2. The number of nitriles is 1. The minimum absolute atomic E-state index is 0.0297. The molecule has 1 fully saturated rings. The number of aliphatic hydroxyl groups excluding tert-OH is 1. The molecule has 0 aromatic carbocycles. The fraction of sp³-hybridized carbons (Fsp3) is 0.375. The van der Waals surface area contributed by atoms with Crippen molar-refractivity contribution in [3.63, 3.8) is 0 Å². The molecule has 1 aliphatic heterocycles. The van der Waals surface area contributed by atoms with Gasteiger partial charge in [0.25, 0.3) is 0 Å². The minimum atomic E-state index is -0.0461. The average molecular weight is 181 g/mol. The first-order valence-electron chi connectivity index (χ1n) is 3.61. The summed E-state index contributed by atoms with van der Waals surface area (Å²) in [5, 5.41) is 17.3. The summed E-state index contributed by atoms with van der Waals surface area (Å²) in [4.78, 5) is 1.72. The van der Waals surface area contributed by atoms with E-state index in [1.807, 2.05) is 6.07 Å². The first-order chi connectivity index (χ1) is 5.85. The number of thiophene rings is 1. The third-order valence-electron chi connectivity index (χ3n) is 1.78. The van der Waals surface area contributed by atoms with Crippen LogP contribution in [0.3, 0.4) is 0 Å². The van der Waals surface area contributed by atoms with Crippen LogP contribution in [0, 0.1) is 11.3 Å². The molecule has 2 rings (SSSR count). The molecule has 0 radical (unpaired) electrons. The molecule has 0 bridgehead atoms. The van der Waals surface area contributed by atoms with Gasteiger partial charge in [0.05, 0.1) is 6.61 Å². The highest BCUT2D eigenvalue weighted by Gasteiger charge is 2.40. The molecule has 2 unspecified atom stereocenters. The smallest absolute Gasteiger partial charge is 0.121 e. The molecule has 1 saturated heterocycles. The Balaban J connectivity index is 2.11. The van der Waals surface area contributed by atoms with E-state index < -0.39 is 0 Å². The van der Waals surface area contributed by atoms with Gasteiger partial charge in [0.15, 0.2) is 0 Å². The van der Waals surface area contributed by atoms with Crippen LogP contribution in [-0.2, 0) is 4.74 Å². The quantitative estimate of drug-likeness (QED) is 0.694. The van der Waals surface area contributed by atoms with Crippen molar-refractivity contribution in [3.8, 4) is 6.07 Å². The molecule has 2 heterocycles. The Morgan fingerprint density at radius 2 is 2.50 bits per heavy atom. The van der Waals surface area contributed by atoms with Crippen LogP contribution in [-0.4, -0.2) is 17.8 Å². The molecule has 3 nitrogen and oxygen atoms in total. The number of epoxide rings is 1. The van der Waals surface area contributed by atoms with E-state index in [2.05, 4.69) is 6.07 Å². The van der Waals surface area contributed by atoms with Gasteiger partial charge >= 0.3 is 0 Å². The normalized spacial score (nSPS) is 26.7. The monoisotopic (exact) mass is 181 g/mol. The lowest BCUT2D eigenvalue weighted by molar-refractivity contribution is 0.242. The third kappa shape index (κ3) is 1.23. The van der Waals surface area contributed by atoms with Gasteiger partial charge < -0.3 is 9.84 Å². The highest BCUT2D eigenvalue weighted by Crippen LogP contribution is 2.41. The Hall–Kier alpha value is -0.890. The van der Waals surface area contributed by atoms with Gasteiger partial charge in [-0.05, 0) is 12.1 Å². The zero-order valence-electron chi connectivity index (χ0n) is 6.23. The summed E-state index contributed by atoms with van der Waals surface area (Å²) < 4.78 is 5.16. The molecular weight excluding hydrogens is 174 g/mol. The van der Waals surface area contributed by atoms with Crippen LogP contribution < -0.4 is 0 Å². The summed E-state index contributed by atoms with van der Waals surface area (Å²) in [6, 6.07) is 5.72. The van der Waals surface area contributed by atoms with E-state index in [0.29, 0.717) is 4.88 Å². The summed E-state index contributed by atoms with van der Waals surface area (Å²) in [6.45, 7) is 0.0600. The Bertz CT molecular complexity index is 328. The van der Waals surface area contributed by atoms with Gasteiger partial charge in [0.2, 0.25) is 0 Å². The van der Waals surface area contributed by atoms with Crippen molar-refractivity contribution in [1.29, 1.82) is 5.26 Å². The van der Waals surface area contributed by atoms with Gasteiger partial charge in [-0.3, -0.25) is 0 Å². The molecule has 0 amide bonds. The van der Waals surface area contributed by atoms with Gasteiger partial charge in [-0.15, -0.1) is 11.3 Å². The van der Waals surface area contributed by atoms with E-state index in [4.69, 9.17) is 15.1 Å². The molecular formula is C8H7NO2S. The molecule has 1 aliphatic rings. The number of hydrogen-bond donors (Lipinski definition) is 1. The van der Waals surface area contributed by atoms with Crippen LogP contribution in [0.4, 0.5) is 0 Å². The fourth-order valence-corrected chi connectivity index (χ4v) is 1.99. The lowest BCUT2D eigenvalue weighted by atomic mass is 10.3. The van der Waals surface area contributed by atoms with Crippen LogP contribution >= 0.6 is 11.3 Å². The predicted octanol–water partition coefficient (Wildman–Crippen LogP) is 1.05. The maximum absolute atomic E-state index is 8.72. The first kappa shape index (κ1) is 7.74. The van der Waals surface area contributed by atoms with Crippen molar-refractivity contribution in [3.05, 3.63) is 21.9 Å². The van der Waals surface area contributed by atoms with Gasteiger partial charge in [-0.2, -0.15) is 5.26 Å². The van der Waals surface area contributed by atoms with Crippen LogP contribution in [0.15, 0.2) is 12.1 Å². The predicted molar refractivity (Wildman–Crippen MR) is 43.7 cm³/mol. The van der Waals surface area contributed by atoms with Gasteiger partial charge in [0.1, 0.15) is 23.2 Å². The average Bonchev–Trinajstić information content (AvgIpc) is 2.75. The van der Waals surface area contributed by atoms with Crippen LogP contribution in [0.5, 0.6) is 0 Å². The van der Waals surface area contributed by atoms with Crippen molar-refractivity contribution in [1.82, 2.24) is 0 Å². The van der Waals surface area contributed by atoms with E-state index in [0.717, 1.165) is 4.88 Å². The zero-order chi connectivity index (χ0) is 8.55. The largest absolute Gasteiger partial charge is 0.394 e. The summed E-state index contributed by atoms with van der Waals surface area (Å²) in [7, 11) is 0. The Morgan fingerprint density at radius 3 is 3.00 bits per heavy atom. The molecule has 0 saturated carbocycles. The summed E-state index contributed by atoms with van der Waals surface area (Å²) in [5.41, 5.74) is 0. The number of hydrogen-bond acceptors (Lipinski definition) is 4. The maximum atomic E-state index is 8.72. The first-order valence-corrected chi connectivity index (χ1v) is 4.43. The third-order valence-corrected chi connectivity index (χ3v) is 2.83. The van der Waals surface area contributed by atoms with Crippen molar-refractivity contribution in [2.75, 3.05) is 6.61 Å². The van der Waals surface area contributed by atoms with Crippen molar-refractivity contribution in [2.24, 2.45) is 0 Å². The number of nitrogens with zero attached hydrogens (tertiary/aromatic N) is 1. The van der Waals surface area contributed by atoms with Crippen molar-refractivity contribution in [2.45, 2.75) is 12.2 Å². The molecule has 1 aromatic rings. The van der Waals surface area contributed by atoms with E-state index in [1.54, 1.807) is 6.07 Å². The van der Waals surface area contributed by atoms with E-state index >= 15 is 0 Å². The zero-order valence-corrected chi connectivity index (χ0v) is 7.04. The fourth-order valence-electron chi connectivity index (χ4n) is 1.10. The molecule has 1 N–H and O–H groups in total. The Morgan fingerprint density at radius 1 is 1.67 bits per heavy atom. The second-order valence-corrected chi connectivity index (χ2v) is 3.71. The summed E-state index contributed by atoms with van der Waals surface area (Å²) in [6.07, 6.45) is -0.0164. The standard InChI is InChI=1S/C8H7NO2S/c9-3-5-1-2-7(12-5)8-6(4-10)11-8/h1-2,6,8,10H,4H2. The number of ether oxygens (including phenoxy) is 1. The number of aliphatic hydroxyl groups is 1. The van der Waals surface area contributed by atoms with E-state index in [-0.39, 0.29) is 18.8 Å². The molecule has 12 heavy (non-hydrogen) atoms. The van der Waals surface area contributed by atoms with Crippen LogP contribution in [0.1, 0.15) is 15.9 Å². The maximum Gasteiger partial charge on any atom is 0.121 e. The van der Waals surface area contributed by atoms with E-state index in [1.165, 1.54) is 11.3 Å². The Labute approximate surface area is 73.8 Å². The molecule has 2 atom stereocenters. The minimum Gasteiger partial charge on any atom is -0.394 e. The van der Waals surface area contributed by atoms with Crippen LogP contribution in [0.25, 0.3) is 0 Å². The van der Waals surface area contributed by atoms with Crippen LogP contribution in [0.2, 0.25) is 0 Å². The SMILES string of the molecule is N#Cc1ccc(C2OC2CO)s1. The second kappa shape index (κ2) is 2.87. The summed E-state index contributed by atoms with van der Waals surface area (Å²) >= 11 is 1.43. The summed E-state index contributed by atoms with van der Waals surface area (Å²) in [5.74, 6) is 0.